The van der Waals surface area contributed by atoms with Gasteiger partial charge in [0.1, 0.15) is 5.82 Å². The van der Waals surface area contributed by atoms with Crippen molar-refractivity contribution in [2.75, 3.05) is 5.75 Å². The first-order valence-corrected chi connectivity index (χ1v) is 4.67. The lowest BCUT2D eigenvalue weighted by molar-refractivity contribution is 0.624. The molecule has 1 nitrogen and oxygen atoms in total. The molecule has 70 valence electrons. The zero-order valence-electron chi connectivity index (χ0n) is 7.20. The van der Waals surface area contributed by atoms with Crippen molar-refractivity contribution in [2.24, 2.45) is 5.73 Å². The Bertz CT molecular complexity index is 310. The van der Waals surface area contributed by atoms with E-state index in [1.54, 1.807) is 24.3 Å². The molecular weight excluding hydrogens is 185 g/mol. The maximum Gasteiger partial charge on any atom is 0.130 e. The normalized spacial score (nSPS) is 11.0. The van der Waals surface area contributed by atoms with Gasteiger partial charge in [-0.1, -0.05) is 18.2 Å². The molecule has 0 aromatic heterocycles. The van der Waals surface area contributed by atoms with Crippen molar-refractivity contribution < 1.29 is 4.39 Å². The van der Waals surface area contributed by atoms with Gasteiger partial charge < -0.3 is 5.73 Å². The van der Waals surface area contributed by atoms with Gasteiger partial charge in [0.2, 0.25) is 0 Å². The Morgan fingerprint density at radius 3 is 2.85 bits per heavy atom. The van der Waals surface area contributed by atoms with E-state index in [0.29, 0.717) is 17.9 Å². The SMILES string of the molecule is NCc1ccc(F)c(C=CCS)c1. The van der Waals surface area contributed by atoms with Crippen LogP contribution in [0.4, 0.5) is 4.39 Å². The van der Waals surface area contributed by atoms with Crippen LogP contribution in [0.25, 0.3) is 6.08 Å². The minimum absolute atomic E-state index is 0.227. The number of halogens is 1. The van der Waals surface area contributed by atoms with E-state index in [-0.39, 0.29) is 5.82 Å². The molecule has 3 heteroatoms. The number of hydrogen-bond donors (Lipinski definition) is 2. The Labute approximate surface area is 82.9 Å². The van der Waals surface area contributed by atoms with Gasteiger partial charge in [0.15, 0.2) is 0 Å². The first-order chi connectivity index (χ1) is 6.27. The fourth-order valence-electron chi connectivity index (χ4n) is 1.03. The molecule has 0 saturated carbocycles. The highest BCUT2D eigenvalue weighted by atomic mass is 32.1. The Kier molecular flexibility index (Phi) is 3.99. The van der Waals surface area contributed by atoms with Crippen LogP contribution in [0.15, 0.2) is 24.3 Å². The van der Waals surface area contributed by atoms with E-state index in [1.165, 1.54) is 6.07 Å². The summed E-state index contributed by atoms with van der Waals surface area (Å²) in [7, 11) is 0. The van der Waals surface area contributed by atoms with Gasteiger partial charge in [-0.25, -0.2) is 4.39 Å². The van der Waals surface area contributed by atoms with Gasteiger partial charge in [0.05, 0.1) is 0 Å². The fourth-order valence-corrected chi connectivity index (χ4v) is 1.13. The lowest BCUT2D eigenvalue weighted by Crippen LogP contribution is -1.97. The maximum absolute atomic E-state index is 13.1. The third-order valence-electron chi connectivity index (χ3n) is 1.70. The highest BCUT2D eigenvalue weighted by Crippen LogP contribution is 2.12. The summed E-state index contributed by atoms with van der Waals surface area (Å²) >= 11 is 4.00. The summed E-state index contributed by atoms with van der Waals surface area (Å²) in [6.45, 7) is 0.433. The Morgan fingerprint density at radius 2 is 2.23 bits per heavy atom. The summed E-state index contributed by atoms with van der Waals surface area (Å²) in [4.78, 5) is 0. The first kappa shape index (κ1) is 10.3. The molecule has 0 radical (unpaired) electrons. The molecule has 13 heavy (non-hydrogen) atoms. The number of nitrogens with two attached hydrogens (primary N) is 1. The van der Waals surface area contributed by atoms with Gasteiger partial charge in [-0.3, -0.25) is 0 Å². The molecule has 0 fully saturated rings. The average Bonchev–Trinajstić information content (AvgIpc) is 2.17. The van der Waals surface area contributed by atoms with Crippen molar-refractivity contribution in [3.63, 3.8) is 0 Å². The molecule has 0 spiro atoms. The third kappa shape index (κ3) is 2.86. The summed E-state index contributed by atoms with van der Waals surface area (Å²) in [5.74, 6) is 0.377. The van der Waals surface area contributed by atoms with E-state index >= 15 is 0 Å². The molecular formula is C10H12FNS. The summed E-state index contributed by atoms with van der Waals surface area (Å²) in [5, 5.41) is 0. The minimum atomic E-state index is -0.227. The summed E-state index contributed by atoms with van der Waals surface area (Å²) in [5.41, 5.74) is 6.93. The molecule has 1 aromatic carbocycles. The molecule has 0 saturated heterocycles. The van der Waals surface area contributed by atoms with E-state index < -0.39 is 0 Å². The first-order valence-electron chi connectivity index (χ1n) is 4.04. The molecule has 0 unspecified atom stereocenters. The Hall–Kier alpha value is -0.800. The van der Waals surface area contributed by atoms with E-state index in [2.05, 4.69) is 12.6 Å². The van der Waals surface area contributed by atoms with E-state index in [9.17, 15) is 4.39 Å². The highest BCUT2D eigenvalue weighted by Gasteiger charge is 1.98. The average molecular weight is 197 g/mol. The topological polar surface area (TPSA) is 26.0 Å². The number of rotatable bonds is 3. The molecule has 0 atom stereocenters. The van der Waals surface area contributed by atoms with Crippen LogP contribution in [-0.2, 0) is 6.54 Å². The lowest BCUT2D eigenvalue weighted by Gasteiger charge is -2.00. The molecule has 0 heterocycles. The van der Waals surface area contributed by atoms with Crippen LogP contribution in [0.1, 0.15) is 11.1 Å². The van der Waals surface area contributed by atoms with Crippen molar-refractivity contribution in [3.8, 4) is 0 Å². The predicted octanol–water partition coefficient (Wildman–Crippen LogP) is 2.23. The van der Waals surface area contributed by atoms with Crippen molar-refractivity contribution in [3.05, 3.63) is 41.2 Å². The standard InChI is InChI=1S/C10H12FNS/c11-10-4-3-8(7-12)6-9(10)2-1-5-13/h1-4,6,13H,5,7,12H2. The number of thiol groups is 1. The molecule has 0 aliphatic rings. The molecule has 0 amide bonds. The second-order valence-electron chi connectivity index (χ2n) is 2.64. The zero-order valence-corrected chi connectivity index (χ0v) is 8.10. The van der Waals surface area contributed by atoms with E-state index in [1.807, 2.05) is 0 Å². The predicted molar refractivity (Wildman–Crippen MR) is 57.2 cm³/mol. The van der Waals surface area contributed by atoms with Gasteiger partial charge in [0.25, 0.3) is 0 Å². The lowest BCUT2D eigenvalue weighted by atomic mass is 10.1. The second kappa shape index (κ2) is 5.04. The largest absolute Gasteiger partial charge is 0.326 e. The molecule has 1 rings (SSSR count). The van der Waals surface area contributed by atoms with Crippen LogP contribution in [0.2, 0.25) is 0 Å². The van der Waals surface area contributed by atoms with Crippen LogP contribution >= 0.6 is 12.6 Å². The van der Waals surface area contributed by atoms with Crippen molar-refractivity contribution in [1.82, 2.24) is 0 Å². The minimum Gasteiger partial charge on any atom is -0.326 e. The fraction of sp³-hybridized carbons (Fsp3) is 0.200. The van der Waals surface area contributed by atoms with Gasteiger partial charge in [-0.2, -0.15) is 12.6 Å². The zero-order chi connectivity index (χ0) is 9.68. The van der Waals surface area contributed by atoms with Gasteiger partial charge >= 0.3 is 0 Å². The van der Waals surface area contributed by atoms with Crippen molar-refractivity contribution in [2.45, 2.75) is 6.54 Å². The molecule has 1 aromatic rings. The Morgan fingerprint density at radius 1 is 1.46 bits per heavy atom. The van der Waals surface area contributed by atoms with E-state index in [4.69, 9.17) is 5.73 Å². The van der Waals surface area contributed by atoms with Crippen LogP contribution in [0, 0.1) is 5.82 Å². The molecule has 0 aliphatic heterocycles. The van der Waals surface area contributed by atoms with Crippen LogP contribution in [0.3, 0.4) is 0 Å². The second-order valence-corrected chi connectivity index (χ2v) is 3.01. The summed E-state index contributed by atoms with van der Waals surface area (Å²) < 4.78 is 13.1. The maximum atomic E-state index is 13.1. The molecule has 0 aliphatic carbocycles. The number of hydrogen-bond acceptors (Lipinski definition) is 2. The number of benzene rings is 1. The monoisotopic (exact) mass is 197 g/mol. The molecule has 2 N–H and O–H groups in total. The quantitative estimate of drug-likeness (QED) is 0.714. The van der Waals surface area contributed by atoms with Gasteiger partial charge in [-0.05, 0) is 17.7 Å². The highest BCUT2D eigenvalue weighted by molar-refractivity contribution is 7.80. The van der Waals surface area contributed by atoms with Crippen LogP contribution < -0.4 is 5.73 Å². The molecule has 0 bridgehead atoms. The third-order valence-corrected chi connectivity index (χ3v) is 1.91. The van der Waals surface area contributed by atoms with Gasteiger partial charge in [0, 0.05) is 17.9 Å². The van der Waals surface area contributed by atoms with Crippen LogP contribution in [0.5, 0.6) is 0 Å². The van der Waals surface area contributed by atoms with Crippen molar-refractivity contribution >= 4 is 18.7 Å². The van der Waals surface area contributed by atoms with Crippen molar-refractivity contribution in [1.29, 1.82) is 0 Å². The van der Waals surface area contributed by atoms with E-state index in [0.717, 1.165) is 5.56 Å². The summed E-state index contributed by atoms with van der Waals surface area (Å²) in [6.07, 6.45) is 3.50. The summed E-state index contributed by atoms with van der Waals surface area (Å²) in [6, 6.07) is 4.86. The smallest absolute Gasteiger partial charge is 0.130 e. The Balaban J connectivity index is 2.97. The van der Waals surface area contributed by atoms with Gasteiger partial charge in [-0.15, -0.1) is 0 Å². The van der Waals surface area contributed by atoms with Crippen LogP contribution in [-0.4, -0.2) is 5.75 Å².